The highest BCUT2D eigenvalue weighted by Gasteiger charge is 2.51. The molecule has 0 aliphatic heterocycles. The zero-order valence-electron chi connectivity index (χ0n) is 12.4. The second-order valence-corrected chi connectivity index (χ2v) is 5.84. The summed E-state index contributed by atoms with van der Waals surface area (Å²) < 4.78 is 7.35. The Labute approximate surface area is 122 Å². The number of aryl methyl sites for hydroxylation is 1. The Morgan fingerprint density at radius 2 is 2.00 bits per heavy atom. The highest BCUT2D eigenvalue weighted by molar-refractivity contribution is 5.91. The quantitative estimate of drug-likeness (QED) is 0.737. The van der Waals surface area contributed by atoms with Gasteiger partial charge in [-0.25, -0.2) is 0 Å². The molecule has 1 saturated carbocycles. The molecule has 0 unspecified atom stereocenters. The van der Waals surface area contributed by atoms with E-state index >= 15 is 0 Å². The summed E-state index contributed by atoms with van der Waals surface area (Å²) >= 11 is 0. The Kier molecular flexibility index (Phi) is 2.47. The van der Waals surface area contributed by atoms with Gasteiger partial charge in [-0.1, -0.05) is 23.4 Å². The van der Waals surface area contributed by atoms with Crippen LogP contribution in [-0.2, 0) is 12.6 Å². The number of nitrogens with zero attached hydrogens (tertiary/aromatic N) is 5. The monoisotopic (exact) mass is 283 g/mol. The molecule has 4 rings (SSSR count). The highest BCUT2D eigenvalue weighted by Crippen LogP contribution is 2.49. The third-order valence-electron chi connectivity index (χ3n) is 4.36. The van der Waals surface area contributed by atoms with E-state index in [9.17, 15) is 0 Å². The third kappa shape index (κ3) is 1.72. The van der Waals surface area contributed by atoms with Gasteiger partial charge < -0.3 is 4.52 Å². The van der Waals surface area contributed by atoms with Gasteiger partial charge in [-0.15, -0.1) is 0 Å². The van der Waals surface area contributed by atoms with E-state index in [1.54, 1.807) is 0 Å². The van der Waals surface area contributed by atoms with Crippen molar-refractivity contribution >= 4 is 10.9 Å². The number of rotatable bonds is 3. The Balaban J connectivity index is 1.84. The van der Waals surface area contributed by atoms with E-state index in [-0.39, 0.29) is 5.54 Å². The lowest BCUT2D eigenvalue weighted by molar-refractivity contribution is 0.208. The van der Waals surface area contributed by atoms with Gasteiger partial charge in [0, 0.05) is 12.4 Å². The predicted molar refractivity (Wildman–Crippen MR) is 78.6 cm³/mol. The molecule has 1 aliphatic carbocycles. The summed E-state index contributed by atoms with van der Waals surface area (Å²) in [6, 6.07) is 8.00. The summed E-state index contributed by atoms with van der Waals surface area (Å²) in [4.78, 5) is 6.80. The standard InChI is InChI=1S/C15H17N5O/c1-19(2)15(8-9-15)14-16-13(18-21-14)12-10-6-4-5-7-11(10)17-20(12)3/h4-7H,8-9H2,1-3H3. The Hall–Kier alpha value is -2.21. The minimum atomic E-state index is -0.0698. The van der Waals surface area contributed by atoms with E-state index in [0.29, 0.717) is 11.7 Å². The van der Waals surface area contributed by atoms with Gasteiger partial charge in [0.1, 0.15) is 11.2 Å². The van der Waals surface area contributed by atoms with E-state index in [1.165, 1.54) is 0 Å². The normalized spacial score (nSPS) is 16.8. The third-order valence-corrected chi connectivity index (χ3v) is 4.36. The summed E-state index contributed by atoms with van der Waals surface area (Å²) in [5, 5.41) is 9.72. The number of benzene rings is 1. The summed E-state index contributed by atoms with van der Waals surface area (Å²) in [7, 11) is 6.01. The van der Waals surface area contributed by atoms with Crippen molar-refractivity contribution in [2.24, 2.45) is 7.05 Å². The number of hydrogen-bond donors (Lipinski definition) is 0. The second kappa shape index (κ2) is 4.14. The van der Waals surface area contributed by atoms with Gasteiger partial charge in [0.05, 0.1) is 5.52 Å². The number of fused-ring (bicyclic) bond motifs is 1. The average molecular weight is 283 g/mol. The van der Waals surface area contributed by atoms with Crippen LogP contribution < -0.4 is 0 Å². The number of hydrogen-bond acceptors (Lipinski definition) is 5. The number of aromatic nitrogens is 4. The summed E-state index contributed by atoms with van der Waals surface area (Å²) in [6.07, 6.45) is 2.13. The molecular weight excluding hydrogens is 266 g/mol. The molecule has 2 heterocycles. The van der Waals surface area contributed by atoms with Gasteiger partial charge in [0.2, 0.25) is 11.7 Å². The van der Waals surface area contributed by atoms with Crippen molar-refractivity contribution in [1.29, 1.82) is 0 Å². The van der Waals surface area contributed by atoms with Crippen LogP contribution in [0.3, 0.4) is 0 Å². The molecule has 0 radical (unpaired) electrons. The molecule has 21 heavy (non-hydrogen) atoms. The molecule has 0 N–H and O–H groups in total. The van der Waals surface area contributed by atoms with Crippen molar-refractivity contribution in [2.75, 3.05) is 14.1 Å². The van der Waals surface area contributed by atoms with E-state index in [4.69, 9.17) is 4.52 Å². The van der Waals surface area contributed by atoms with E-state index in [0.717, 1.165) is 29.4 Å². The fourth-order valence-electron chi connectivity index (χ4n) is 2.89. The Bertz CT molecular complexity index is 812. The lowest BCUT2D eigenvalue weighted by Crippen LogP contribution is -2.27. The topological polar surface area (TPSA) is 60.0 Å². The molecule has 2 aromatic heterocycles. The van der Waals surface area contributed by atoms with Crippen LogP contribution in [0.4, 0.5) is 0 Å². The Morgan fingerprint density at radius 1 is 1.24 bits per heavy atom. The van der Waals surface area contributed by atoms with Crippen molar-refractivity contribution in [3.05, 3.63) is 30.2 Å². The molecule has 3 aromatic rings. The zero-order valence-corrected chi connectivity index (χ0v) is 12.4. The summed E-state index contributed by atoms with van der Waals surface area (Å²) in [5.74, 6) is 1.31. The SMILES string of the molecule is CN(C)C1(c2nc(-c3c4ccccc4nn3C)no2)CC1. The Morgan fingerprint density at radius 3 is 2.71 bits per heavy atom. The van der Waals surface area contributed by atoms with Crippen LogP contribution in [0.25, 0.3) is 22.4 Å². The fourth-order valence-corrected chi connectivity index (χ4v) is 2.89. The van der Waals surface area contributed by atoms with Crippen molar-refractivity contribution < 1.29 is 4.52 Å². The van der Waals surface area contributed by atoms with Crippen LogP contribution >= 0.6 is 0 Å². The van der Waals surface area contributed by atoms with Gasteiger partial charge in [0.15, 0.2) is 0 Å². The zero-order chi connectivity index (χ0) is 14.6. The van der Waals surface area contributed by atoms with Crippen LogP contribution in [0, 0.1) is 0 Å². The van der Waals surface area contributed by atoms with Gasteiger partial charge >= 0.3 is 0 Å². The highest BCUT2D eigenvalue weighted by atomic mass is 16.5. The molecule has 108 valence electrons. The first-order valence-electron chi connectivity index (χ1n) is 7.05. The van der Waals surface area contributed by atoms with Crippen molar-refractivity contribution in [2.45, 2.75) is 18.4 Å². The molecule has 1 fully saturated rings. The summed E-state index contributed by atoms with van der Waals surface area (Å²) in [5.41, 5.74) is 1.77. The fraction of sp³-hybridized carbons (Fsp3) is 0.400. The largest absolute Gasteiger partial charge is 0.337 e. The molecule has 0 bridgehead atoms. The van der Waals surface area contributed by atoms with Crippen LogP contribution in [0.2, 0.25) is 0 Å². The molecule has 0 atom stereocenters. The first kappa shape index (κ1) is 12.5. The molecule has 0 spiro atoms. The van der Waals surface area contributed by atoms with Crippen molar-refractivity contribution in [3.8, 4) is 11.5 Å². The lowest BCUT2D eigenvalue weighted by Gasteiger charge is -2.18. The van der Waals surface area contributed by atoms with Crippen molar-refractivity contribution in [1.82, 2.24) is 24.8 Å². The van der Waals surface area contributed by atoms with Crippen LogP contribution in [-0.4, -0.2) is 38.9 Å². The van der Waals surface area contributed by atoms with Gasteiger partial charge in [-0.2, -0.15) is 10.1 Å². The maximum Gasteiger partial charge on any atom is 0.247 e. The maximum atomic E-state index is 5.54. The molecular formula is C15H17N5O. The van der Waals surface area contributed by atoms with Crippen LogP contribution in [0.5, 0.6) is 0 Å². The van der Waals surface area contributed by atoms with Gasteiger partial charge in [-0.05, 0) is 33.0 Å². The molecule has 0 amide bonds. The first-order chi connectivity index (χ1) is 10.1. The molecule has 1 aliphatic rings. The van der Waals surface area contributed by atoms with Crippen LogP contribution in [0.1, 0.15) is 18.7 Å². The van der Waals surface area contributed by atoms with Gasteiger partial charge in [-0.3, -0.25) is 9.58 Å². The predicted octanol–water partition coefficient (Wildman–Crippen LogP) is 2.17. The second-order valence-electron chi connectivity index (χ2n) is 5.84. The van der Waals surface area contributed by atoms with Crippen LogP contribution in [0.15, 0.2) is 28.8 Å². The maximum absolute atomic E-state index is 5.54. The van der Waals surface area contributed by atoms with E-state index in [2.05, 4.69) is 34.2 Å². The molecule has 6 nitrogen and oxygen atoms in total. The first-order valence-corrected chi connectivity index (χ1v) is 7.05. The molecule has 1 aromatic carbocycles. The van der Waals surface area contributed by atoms with Gasteiger partial charge in [0.25, 0.3) is 0 Å². The van der Waals surface area contributed by atoms with Crippen molar-refractivity contribution in [3.63, 3.8) is 0 Å². The smallest absolute Gasteiger partial charge is 0.247 e. The molecule has 0 saturated heterocycles. The summed E-state index contributed by atoms with van der Waals surface area (Å²) in [6.45, 7) is 0. The minimum absolute atomic E-state index is 0.0698. The van der Waals surface area contributed by atoms with E-state index < -0.39 is 0 Å². The minimum Gasteiger partial charge on any atom is -0.337 e. The lowest BCUT2D eigenvalue weighted by atomic mass is 10.2. The average Bonchev–Trinajstić information content (AvgIpc) is 3.02. The molecule has 6 heteroatoms. The van der Waals surface area contributed by atoms with E-state index in [1.807, 2.05) is 36.0 Å².